The minimum Gasteiger partial charge on any atom is -0.306 e. The van der Waals surface area contributed by atoms with Crippen molar-refractivity contribution in [3.05, 3.63) is 34.2 Å². The number of hydrogen-bond donors (Lipinski definition) is 2. The van der Waals surface area contributed by atoms with Crippen molar-refractivity contribution in [3.63, 3.8) is 0 Å². The summed E-state index contributed by atoms with van der Waals surface area (Å²) in [6.07, 6.45) is 1.02. The Labute approximate surface area is 103 Å². The fourth-order valence-corrected chi connectivity index (χ4v) is 2.14. The minimum atomic E-state index is -3.43. The van der Waals surface area contributed by atoms with Crippen LogP contribution >= 0.6 is 0 Å². The number of carbonyl (C=O) groups excluding carboxylic acids is 1. The zero-order valence-corrected chi connectivity index (χ0v) is 10.7. The predicted octanol–water partition coefficient (Wildman–Crippen LogP) is 0.472. The largest absolute Gasteiger partial charge is 0.323 e. The molecular weight excluding hydrogens is 256 g/mol. The maximum Gasteiger partial charge on any atom is 0.323 e. The van der Waals surface area contributed by atoms with E-state index in [0.29, 0.717) is 11.0 Å². The van der Waals surface area contributed by atoms with Gasteiger partial charge in [-0.3, -0.25) is 4.79 Å². The number of imidazole rings is 1. The highest BCUT2D eigenvalue weighted by Crippen LogP contribution is 2.14. The lowest BCUT2D eigenvalue weighted by atomic mass is 10.1. The molecule has 7 heteroatoms. The first-order chi connectivity index (χ1) is 8.29. The van der Waals surface area contributed by atoms with Gasteiger partial charge in [-0.15, -0.1) is 0 Å². The SMILES string of the molecule is CC(C(=O)c1ccc2[nH]c(=O)[nH]c2c1)S(C)(=O)=O. The predicted molar refractivity (Wildman–Crippen MR) is 67.6 cm³/mol. The number of benzene rings is 1. The maximum atomic E-state index is 12.0. The number of aromatic nitrogens is 2. The Morgan fingerprint density at radius 2 is 1.83 bits per heavy atom. The monoisotopic (exact) mass is 268 g/mol. The summed E-state index contributed by atoms with van der Waals surface area (Å²) >= 11 is 0. The van der Waals surface area contributed by atoms with E-state index in [2.05, 4.69) is 9.97 Å². The molecule has 0 aliphatic rings. The number of H-pyrrole nitrogens is 2. The number of rotatable bonds is 3. The van der Waals surface area contributed by atoms with Crippen molar-refractivity contribution in [2.45, 2.75) is 12.2 Å². The van der Waals surface area contributed by atoms with E-state index in [0.717, 1.165) is 6.26 Å². The van der Waals surface area contributed by atoms with Gasteiger partial charge in [-0.05, 0) is 25.1 Å². The van der Waals surface area contributed by atoms with Crippen LogP contribution in [0.15, 0.2) is 23.0 Å². The molecule has 0 saturated heterocycles. The average Bonchev–Trinajstić information content (AvgIpc) is 2.64. The standard InChI is InChI=1S/C11H12N2O4S/c1-6(18(2,16)17)10(14)7-3-4-8-9(5-7)13-11(15)12-8/h3-6H,1-2H3,(H2,12,13,15). The third-order valence-electron chi connectivity index (χ3n) is 2.81. The number of Topliss-reactive ketones (excluding diaryl/α,β-unsaturated/α-hetero) is 1. The number of aromatic amines is 2. The van der Waals surface area contributed by atoms with Crippen LogP contribution in [0.4, 0.5) is 0 Å². The highest BCUT2D eigenvalue weighted by Gasteiger charge is 2.24. The summed E-state index contributed by atoms with van der Waals surface area (Å²) < 4.78 is 22.7. The minimum absolute atomic E-state index is 0.260. The summed E-state index contributed by atoms with van der Waals surface area (Å²) in [7, 11) is -3.43. The fourth-order valence-electron chi connectivity index (χ4n) is 1.61. The van der Waals surface area contributed by atoms with Crippen molar-refractivity contribution in [2.24, 2.45) is 0 Å². The lowest BCUT2D eigenvalue weighted by Crippen LogP contribution is -2.26. The van der Waals surface area contributed by atoms with Crippen LogP contribution in [0, 0.1) is 0 Å². The van der Waals surface area contributed by atoms with Crippen molar-refractivity contribution in [2.75, 3.05) is 6.26 Å². The van der Waals surface area contributed by atoms with E-state index in [4.69, 9.17) is 0 Å². The Kier molecular flexibility index (Phi) is 2.86. The highest BCUT2D eigenvalue weighted by molar-refractivity contribution is 7.92. The summed E-state index contributed by atoms with van der Waals surface area (Å²) in [5.74, 6) is -0.485. The van der Waals surface area contributed by atoms with Gasteiger partial charge in [0.15, 0.2) is 15.6 Å². The van der Waals surface area contributed by atoms with E-state index in [1.807, 2.05) is 0 Å². The Hall–Kier alpha value is -1.89. The molecule has 2 rings (SSSR count). The van der Waals surface area contributed by atoms with Crippen LogP contribution < -0.4 is 5.69 Å². The van der Waals surface area contributed by atoms with E-state index in [1.54, 1.807) is 6.07 Å². The van der Waals surface area contributed by atoms with Crippen molar-refractivity contribution in [3.8, 4) is 0 Å². The summed E-state index contributed by atoms with van der Waals surface area (Å²) in [4.78, 5) is 28.1. The molecule has 0 spiro atoms. The van der Waals surface area contributed by atoms with Gasteiger partial charge in [-0.2, -0.15) is 0 Å². The van der Waals surface area contributed by atoms with Crippen LogP contribution in [0.1, 0.15) is 17.3 Å². The second kappa shape index (κ2) is 4.09. The number of sulfone groups is 1. The molecule has 0 bridgehead atoms. The first-order valence-electron chi connectivity index (χ1n) is 5.24. The summed E-state index contributed by atoms with van der Waals surface area (Å²) in [5.41, 5.74) is 0.941. The van der Waals surface area contributed by atoms with Gasteiger partial charge in [0.25, 0.3) is 0 Å². The second-order valence-electron chi connectivity index (χ2n) is 4.18. The molecule has 96 valence electrons. The van der Waals surface area contributed by atoms with Crippen LogP contribution in [0.25, 0.3) is 11.0 Å². The number of carbonyl (C=O) groups is 1. The highest BCUT2D eigenvalue weighted by atomic mass is 32.2. The molecule has 0 radical (unpaired) electrons. The number of nitrogens with one attached hydrogen (secondary N) is 2. The lowest BCUT2D eigenvalue weighted by molar-refractivity contribution is 0.0992. The Morgan fingerprint density at radius 3 is 2.44 bits per heavy atom. The number of ketones is 1. The third-order valence-corrected chi connectivity index (χ3v) is 4.31. The molecule has 0 aliphatic heterocycles. The smallest absolute Gasteiger partial charge is 0.306 e. The second-order valence-corrected chi connectivity index (χ2v) is 6.54. The summed E-state index contributed by atoms with van der Waals surface area (Å²) in [6, 6.07) is 4.53. The van der Waals surface area contributed by atoms with Crippen LogP contribution in [0.5, 0.6) is 0 Å². The molecule has 6 nitrogen and oxygen atoms in total. The molecule has 0 aliphatic carbocycles. The quantitative estimate of drug-likeness (QED) is 0.790. The topological polar surface area (TPSA) is 99.9 Å². The van der Waals surface area contributed by atoms with Gasteiger partial charge >= 0.3 is 5.69 Å². The molecule has 0 saturated carbocycles. The first kappa shape index (κ1) is 12.6. The van der Waals surface area contributed by atoms with Gasteiger partial charge in [-0.1, -0.05) is 0 Å². The molecule has 2 N–H and O–H groups in total. The van der Waals surface area contributed by atoms with E-state index < -0.39 is 20.9 Å². The van der Waals surface area contributed by atoms with Crippen LogP contribution in [-0.2, 0) is 9.84 Å². The van der Waals surface area contributed by atoms with Crippen molar-refractivity contribution >= 4 is 26.7 Å². The van der Waals surface area contributed by atoms with Gasteiger partial charge in [0, 0.05) is 11.8 Å². The van der Waals surface area contributed by atoms with Crippen molar-refractivity contribution in [1.82, 2.24) is 9.97 Å². The summed E-state index contributed by atoms with van der Waals surface area (Å²) in [5, 5.41) is -1.10. The Bertz CT molecular complexity index is 770. The zero-order chi connectivity index (χ0) is 13.5. The van der Waals surface area contributed by atoms with E-state index in [-0.39, 0.29) is 11.3 Å². The van der Waals surface area contributed by atoms with E-state index in [9.17, 15) is 18.0 Å². The molecular formula is C11H12N2O4S. The molecule has 1 atom stereocenters. The number of fused-ring (bicyclic) bond motifs is 1. The maximum absolute atomic E-state index is 12.0. The normalized spacial score (nSPS) is 13.7. The van der Waals surface area contributed by atoms with Gasteiger partial charge in [-0.25, -0.2) is 13.2 Å². The lowest BCUT2D eigenvalue weighted by Gasteiger charge is -2.07. The summed E-state index contributed by atoms with van der Waals surface area (Å²) in [6.45, 7) is 1.35. The van der Waals surface area contributed by atoms with Gasteiger partial charge in [0.05, 0.1) is 11.0 Å². The Morgan fingerprint density at radius 1 is 1.22 bits per heavy atom. The van der Waals surface area contributed by atoms with Crippen LogP contribution in [-0.4, -0.2) is 35.7 Å². The van der Waals surface area contributed by atoms with Crippen LogP contribution in [0.3, 0.4) is 0 Å². The third kappa shape index (κ3) is 2.21. The van der Waals surface area contributed by atoms with Gasteiger partial charge in [0.1, 0.15) is 5.25 Å². The van der Waals surface area contributed by atoms with E-state index in [1.165, 1.54) is 19.1 Å². The molecule has 1 unspecified atom stereocenters. The van der Waals surface area contributed by atoms with Crippen molar-refractivity contribution < 1.29 is 13.2 Å². The zero-order valence-electron chi connectivity index (χ0n) is 9.85. The van der Waals surface area contributed by atoms with Gasteiger partial charge in [0.2, 0.25) is 0 Å². The first-order valence-corrected chi connectivity index (χ1v) is 7.19. The Balaban J connectivity index is 2.48. The molecule has 0 fully saturated rings. The van der Waals surface area contributed by atoms with Crippen LogP contribution in [0.2, 0.25) is 0 Å². The molecule has 1 aromatic heterocycles. The molecule has 1 heterocycles. The molecule has 0 amide bonds. The average molecular weight is 268 g/mol. The molecule has 1 aromatic carbocycles. The van der Waals surface area contributed by atoms with Gasteiger partial charge < -0.3 is 9.97 Å². The van der Waals surface area contributed by atoms with Crippen molar-refractivity contribution in [1.29, 1.82) is 0 Å². The molecule has 18 heavy (non-hydrogen) atoms. The molecule has 2 aromatic rings. The fraction of sp³-hybridized carbons (Fsp3) is 0.273. The van der Waals surface area contributed by atoms with E-state index >= 15 is 0 Å². The number of hydrogen-bond acceptors (Lipinski definition) is 4.